The second-order valence-corrected chi connectivity index (χ2v) is 4.58. The highest BCUT2D eigenvalue weighted by Gasteiger charge is 2.16. The Balaban J connectivity index is 2.70. The van der Waals surface area contributed by atoms with Gasteiger partial charge in [-0.3, -0.25) is 0 Å². The van der Waals surface area contributed by atoms with Gasteiger partial charge in [0.2, 0.25) is 0 Å². The molecule has 0 spiro atoms. The van der Waals surface area contributed by atoms with Crippen molar-refractivity contribution in [2.45, 2.75) is 40.2 Å². The molecule has 0 fully saturated rings. The van der Waals surface area contributed by atoms with Gasteiger partial charge in [0.05, 0.1) is 6.10 Å². The first-order valence-electron chi connectivity index (χ1n) is 4.51. The molecule has 0 aromatic carbocycles. The molecule has 0 amide bonds. The van der Waals surface area contributed by atoms with E-state index in [1.807, 2.05) is 0 Å². The molecule has 1 aromatic heterocycles. The first-order chi connectivity index (χ1) is 5.88. The maximum absolute atomic E-state index is 9.21. The molecule has 1 atom stereocenters. The predicted octanol–water partition coefficient (Wildman–Crippen LogP) is 2.32. The van der Waals surface area contributed by atoms with Gasteiger partial charge >= 0.3 is 0 Å². The van der Waals surface area contributed by atoms with Crippen molar-refractivity contribution >= 4 is 0 Å². The summed E-state index contributed by atoms with van der Waals surface area (Å²) in [6.45, 7) is 8.05. The molecule has 0 aliphatic rings. The van der Waals surface area contributed by atoms with Crippen molar-refractivity contribution in [3.63, 3.8) is 0 Å². The molecule has 0 saturated heterocycles. The van der Waals surface area contributed by atoms with E-state index in [0.29, 0.717) is 11.6 Å². The fourth-order valence-corrected chi connectivity index (χ4v) is 1.05. The van der Waals surface area contributed by atoms with Gasteiger partial charge in [0.15, 0.2) is 5.89 Å². The fourth-order valence-electron chi connectivity index (χ4n) is 1.05. The molecular weight excluding hydrogens is 166 g/mol. The van der Waals surface area contributed by atoms with Crippen molar-refractivity contribution in [3.8, 4) is 0 Å². The minimum atomic E-state index is -0.544. The van der Waals surface area contributed by atoms with Crippen LogP contribution >= 0.6 is 0 Å². The van der Waals surface area contributed by atoms with E-state index in [0.717, 1.165) is 6.42 Å². The highest BCUT2D eigenvalue weighted by Crippen LogP contribution is 2.21. The third-order valence-corrected chi connectivity index (χ3v) is 1.68. The Hall–Kier alpha value is -0.830. The van der Waals surface area contributed by atoms with Gasteiger partial charge in [0.1, 0.15) is 12.0 Å². The molecule has 1 rings (SSSR count). The van der Waals surface area contributed by atoms with E-state index >= 15 is 0 Å². The van der Waals surface area contributed by atoms with Gasteiger partial charge in [-0.2, -0.15) is 0 Å². The summed E-state index contributed by atoms with van der Waals surface area (Å²) in [5, 5.41) is 9.21. The quantitative estimate of drug-likeness (QED) is 0.765. The molecule has 1 aromatic rings. The average molecular weight is 183 g/mol. The van der Waals surface area contributed by atoms with Crippen molar-refractivity contribution in [3.05, 3.63) is 17.8 Å². The Morgan fingerprint density at radius 2 is 2.15 bits per heavy atom. The van der Waals surface area contributed by atoms with E-state index < -0.39 is 6.10 Å². The summed E-state index contributed by atoms with van der Waals surface area (Å²) in [5.74, 6) is 0.698. The molecule has 0 aliphatic heterocycles. The molecule has 3 nitrogen and oxygen atoms in total. The third kappa shape index (κ3) is 3.19. The van der Waals surface area contributed by atoms with Gasteiger partial charge in [0, 0.05) is 6.42 Å². The lowest BCUT2D eigenvalue weighted by atomic mass is 9.92. The number of aliphatic hydroxyl groups excluding tert-OH is 1. The molecule has 1 N–H and O–H groups in total. The summed E-state index contributed by atoms with van der Waals surface area (Å²) in [6.07, 6.45) is 1.77. The maximum atomic E-state index is 9.21. The normalized spacial score (nSPS) is 14.5. The number of hydrogen-bond donors (Lipinski definition) is 1. The van der Waals surface area contributed by atoms with Crippen molar-refractivity contribution in [1.82, 2.24) is 4.98 Å². The van der Waals surface area contributed by atoms with Crippen LogP contribution in [-0.4, -0.2) is 10.1 Å². The highest BCUT2D eigenvalue weighted by molar-refractivity contribution is 5.00. The van der Waals surface area contributed by atoms with Crippen LogP contribution in [0.5, 0.6) is 0 Å². The van der Waals surface area contributed by atoms with Crippen LogP contribution in [0.1, 0.15) is 45.4 Å². The van der Waals surface area contributed by atoms with E-state index in [2.05, 4.69) is 25.8 Å². The Morgan fingerprint density at radius 3 is 2.54 bits per heavy atom. The standard InChI is InChI=1S/C10H17NO2/c1-7(12)8-6-13-9(11-8)5-10(2,3)4/h6-7,12H,5H2,1-4H3. The average Bonchev–Trinajstić information content (AvgIpc) is 2.31. The summed E-state index contributed by atoms with van der Waals surface area (Å²) in [5.41, 5.74) is 0.778. The second-order valence-electron chi connectivity index (χ2n) is 4.58. The molecular formula is C10H17NO2. The molecule has 1 heterocycles. The van der Waals surface area contributed by atoms with Crippen LogP contribution in [0.2, 0.25) is 0 Å². The number of rotatable bonds is 2. The van der Waals surface area contributed by atoms with E-state index in [4.69, 9.17) is 4.42 Å². The summed E-state index contributed by atoms with van der Waals surface area (Å²) in [7, 11) is 0. The minimum absolute atomic E-state index is 0.167. The van der Waals surface area contributed by atoms with Crippen LogP contribution in [-0.2, 0) is 6.42 Å². The molecule has 0 radical (unpaired) electrons. The van der Waals surface area contributed by atoms with Crippen LogP contribution in [0.15, 0.2) is 10.7 Å². The lowest BCUT2D eigenvalue weighted by Gasteiger charge is -2.14. The molecule has 13 heavy (non-hydrogen) atoms. The highest BCUT2D eigenvalue weighted by atomic mass is 16.3. The molecule has 3 heteroatoms. The fraction of sp³-hybridized carbons (Fsp3) is 0.700. The van der Waals surface area contributed by atoms with Crippen molar-refractivity contribution < 1.29 is 9.52 Å². The van der Waals surface area contributed by atoms with Crippen molar-refractivity contribution in [2.24, 2.45) is 5.41 Å². The summed E-state index contributed by atoms with van der Waals surface area (Å²) in [6, 6.07) is 0. The molecule has 0 aliphatic carbocycles. The smallest absolute Gasteiger partial charge is 0.194 e. The van der Waals surface area contributed by atoms with Crippen LogP contribution in [0.25, 0.3) is 0 Å². The molecule has 74 valence electrons. The maximum Gasteiger partial charge on any atom is 0.194 e. The summed E-state index contributed by atoms with van der Waals surface area (Å²) < 4.78 is 5.23. The van der Waals surface area contributed by atoms with E-state index in [1.165, 1.54) is 6.26 Å². The van der Waals surface area contributed by atoms with Crippen molar-refractivity contribution in [1.29, 1.82) is 0 Å². The van der Waals surface area contributed by atoms with E-state index in [1.54, 1.807) is 6.92 Å². The number of aliphatic hydroxyl groups is 1. The topological polar surface area (TPSA) is 46.3 Å². The van der Waals surface area contributed by atoms with Gasteiger partial charge in [-0.05, 0) is 12.3 Å². The monoisotopic (exact) mass is 183 g/mol. The van der Waals surface area contributed by atoms with Gasteiger partial charge in [-0.1, -0.05) is 20.8 Å². The largest absolute Gasteiger partial charge is 0.449 e. The lowest BCUT2D eigenvalue weighted by Crippen LogP contribution is -2.09. The molecule has 1 unspecified atom stereocenters. The second kappa shape index (κ2) is 3.50. The summed E-state index contributed by atoms with van der Waals surface area (Å²) >= 11 is 0. The van der Waals surface area contributed by atoms with Crippen molar-refractivity contribution in [2.75, 3.05) is 0 Å². The zero-order valence-electron chi connectivity index (χ0n) is 8.66. The summed E-state index contributed by atoms with van der Waals surface area (Å²) in [4.78, 5) is 4.18. The van der Waals surface area contributed by atoms with E-state index in [9.17, 15) is 5.11 Å². The van der Waals surface area contributed by atoms with E-state index in [-0.39, 0.29) is 5.41 Å². The van der Waals surface area contributed by atoms with Gasteiger partial charge in [-0.15, -0.1) is 0 Å². The van der Waals surface area contributed by atoms with Crippen LogP contribution in [0, 0.1) is 5.41 Å². The van der Waals surface area contributed by atoms with Gasteiger partial charge < -0.3 is 9.52 Å². The molecule has 0 saturated carbocycles. The zero-order valence-corrected chi connectivity index (χ0v) is 8.66. The Morgan fingerprint density at radius 1 is 1.54 bits per heavy atom. The van der Waals surface area contributed by atoms with Crippen LogP contribution < -0.4 is 0 Å². The molecule has 0 bridgehead atoms. The third-order valence-electron chi connectivity index (χ3n) is 1.68. The lowest BCUT2D eigenvalue weighted by molar-refractivity contribution is 0.194. The van der Waals surface area contributed by atoms with Crippen LogP contribution in [0.3, 0.4) is 0 Å². The van der Waals surface area contributed by atoms with Crippen LogP contribution in [0.4, 0.5) is 0 Å². The first-order valence-corrected chi connectivity index (χ1v) is 4.51. The number of hydrogen-bond acceptors (Lipinski definition) is 3. The zero-order chi connectivity index (χ0) is 10.1. The first kappa shape index (κ1) is 10.3. The van der Waals surface area contributed by atoms with Gasteiger partial charge in [0.25, 0.3) is 0 Å². The number of nitrogens with zero attached hydrogens (tertiary/aromatic N) is 1. The SMILES string of the molecule is CC(O)c1coc(CC(C)(C)C)n1. The minimum Gasteiger partial charge on any atom is -0.449 e. The van der Waals surface area contributed by atoms with Gasteiger partial charge in [-0.25, -0.2) is 4.98 Å². The Kier molecular flexibility index (Phi) is 2.76. The number of aromatic nitrogens is 1. The Bertz CT molecular complexity index is 271. The Labute approximate surface area is 78.8 Å². The predicted molar refractivity (Wildman–Crippen MR) is 50.3 cm³/mol. The number of oxazole rings is 1.